The molecule has 2 heterocycles. The standard InChI is InChI=1S/C26H26N2O4S2/c1-19-9-13-21(14-10-19)33(29,30)27-17-5-7-24-23-6-3-4-8-25(23)28(26(24)18-27)34(31,32)22-15-11-20(2)12-16-22/h3-4,6,8-16H,5,7,17-18H2,1-2H3. The van der Waals surface area contributed by atoms with Crippen LogP contribution in [0.25, 0.3) is 10.9 Å². The predicted octanol–water partition coefficient (Wildman–Crippen LogP) is 4.63. The number of para-hydroxylation sites is 1. The molecule has 3 aromatic carbocycles. The van der Waals surface area contributed by atoms with Gasteiger partial charge in [0.2, 0.25) is 10.0 Å². The van der Waals surface area contributed by atoms with Gasteiger partial charge in [-0.05, 0) is 62.6 Å². The Hall–Kier alpha value is -2.94. The van der Waals surface area contributed by atoms with E-state index in [0.717, 1.165) is 22.1 Å². The Labute approximate surface area is 200 Å². The third kappa shape index (κ3) is 3.76. The van der Waals surface area contributed by atoms with E-state index in [2.05, 4.69) is 0 Å². The zero-order chi connectivity index (χ0) is 24.1. The molecule has 176 valence electrons. The molecule has 0 bridgehead atoms. The first kappa shape index (κ1) is 22.8. The Bertz CT molecular complexity index is 1590. The fraction of sp³-hybridized carbons (Fsp3) is 0.231. The van der Waals surface area contributed by atoms with Crippen molar-refractivity contribution in [2.75, 3.05) is 6.54 Å². The van der Waals surface area contributed by atoms with Gasteiger partial charge in [0.1, 0.15) is 0 Å². The number of sulfonamides is 1. The largest absolute Gasteiger partial charge is 0.268 e. The van der Waals surface area contributed by atoms with Crippen molar-refractivity contribution >= 4 is 30.9 Å². The minimum absolute atomic E-state index is 0.00862. The van der Waals surface area contributed by atoms with Crippen molar-refractivity contribution in [2.45, 2.75) is 43.0 Å². The van der Waals surface area contributed by atoms with Gasteiger partial charge in [-0.3, -0.25) is 0 Å². The first-order chi connectivity index (χ1) is 16.2. The maximum absolute atomic E-state index is 13.9. The number of aryl methyl sites for hydroxylation is 3. The lowest BCUT2D eigenvalue weighted by atomic mass is 10.1. The van der Waals surface area contributed by atoms with Gasteiger partial charge in [0.25, 0.3) is 10.0 Å². The highest BCUT2D eigenvalue weighted by Crippen LogP contribution is 2.35. The van der Waals surface area contributed by atoms with Crippen molar-refractivity contribution in [1.29, 1.82) is 0 Å². The third-order valence-electron chi connectivity index (χ3n) is 6.42. The highest BCUT2D eigenvalue weighted by molar-refractivity contribution is 7.90. The molecular formula is C26H26N2O4S2. The minimum atomic E-state index is -3.94. The van der Waals surface area contributed by atoms with Crippen LogP contribution in [-0.2, 0) is 33.0 Å². The van der Waals surface area contributed by atoms with Crippen molar-refractivity contribution in [1.82, 2.24) is 8.28 Å². The average Bonchev–Trinajstić information content (AvgIpc) is 2.96. The van der Waals surface area contributed by atoms with Crippen molar-refractivity contribution in [3.05, 3.63) is 95.2 Å². The third-order valence-corrected chi connectivity index (χ3v) is 10.0. The number of fused-ring (bicyclic) bond motifs is 3. The first-order valence-corrected chi connectivity index (χ1v) is 14.1. The monoisotopic (exact) mass is 494 g/mol. The SMILES string of the molecule is Cc1ccc(S(=O)(=O)N2CCCc3c(n(S(=O)(=O)c4ccc(C)cc4)c4ccccc34)C2)cc1. The molecule has 6 nitrogen and oxygen atoms in total. The molecule has 0 radical (unpaired) electrons. The summed E-state index contributed by atoms with van der Waals surface area (Å²) in [4.78, 5) is 0.393. The molecule has 5 rings (SSSR count). The average molecular weight is 495 g/mol. The maximum atomic E-state index is 13.9. The summed E-state index contributed by atoms with van der Waals surface area (Å²) in [5.41, 5.74) is 3.91. The van der Waals surface area contributed by atoms with E-state index < -0.39 is 20.0 Å². The van der Waals surface area contributed by atoms with Crippen molar-refractivity contribution < 1.29 is 16.8 Å². The molecule has 0 amide bonds. The second kappa shape index (κ2) is 8.37. The number of hydrogen-bond donors (Lipinski definition) is 0. The summed E-state index contributed by atoms with van der Waals surface area (Å²) in [6, 6.07) is 20.9. The van der Waals surface area contributed by atoms with Crippen LogP contribution in [0.5, 0.6) is 0 Å². The van der Waals surface area contributed by atoms with Crippen molar-refractivity contribution in [2.24, 2.45) is 0 Å². The van der Waals surface area contributed by atoms with Crippen LogP contribution in [0, 0.1) is 13.8 Å². The zero-order valence-corrected chi connectivity index (χ0v) is 20.7. The lowest BCUT2D eigenvalue weighted by Gasteiger charge is -2.22. The predicted molar refractivity (Wildman–Crippen MR) is 133 cm³/mol. The molecule has 0 fully saturated rings. The van der Waals surface area contributed by atoms with E-state index in [4.69, 9.17) is 0 Å². The topological polar surface area (TPSA) is 76.5 Å². The summed E-state index contributed by atoms with van der Waals surface area (Å²) >= 11 is 0. The van der Waals surface area contributed by atoms with Crippen molar-refractivity contribution in [3.8, 4) is 0 Å². The molecule has 1 aliphatic heterocycles. The molecule has 1 aliphatic rings. The van der Waals surface area contributed by atoms with Gasteiger partial charge in [-0.25, -0.2) is 20.8 Å². The molecule has 0 saturated carbocycles. The van der Waals surface area contributed by atoms with Crippen LogP contribution < -0.4 is 0 Å². The van der Waals surface area contributed by atoms with Crippen molar-refractivity contribution in [3.63, 3.8) is 0 Å². The summed E-state index contributed by atoms with van der Waals surface area (Å²) in [7, 11) is -7.73. The summed E-state index contributed by atoms with van der Waals surface area (Å²) in [5, 5.41) is 0.850. The fourth-order valence-corrected chi connectivity index (χ4v) is 7.61. The van der Waals surface area contributed by atoms with Crippen LogP contribution in [0.15, 0.2) is 82.6 Å². The minimum Gasteiger partial charge on any atom is -0.236 e. The van der Waals surface area contributed by atoms with E-state index in [9.17, 15) is 16.8 Å². The second-order valence-corrected chi connectivity index (χ2v) is 12.5. The van der Waals surface area contributed by atoms with E-state index >= 15 is 0 Å². The normalized spacial score (nSPS) is 15.2. The van der Waals surface area contributed by atoms with Crippen LogP contribution in [0.1, 0.15) is 28.8 Å². The van der Waals surface area contributed by atoms with E-state index in [0.29, 0.717) is 30.6 Å². The van der Waals surface area contributed by atoms with Gasteiger partial charge in [-0.1, -0.05) is 53.6 Å². The van der Waals surface area contributed by atoms with Crippen LogP contribution in [0.3, 0.4) is 0 Å². The second-order valence-electron chi connectivity index (χ2n) is 8.78. The maximum Gasteiger partial charge on any atom is 0.268 e. The van der Waals surface area contributed by atoms with Gasteiger partial charge < -0.3 is 0 Å². The van der Waals surface area contributed by atoms with Gasteiger partial charge >= 0.3 is 0 Å². The Balaban J connectivity index is 1.69. The molecule has 0 aliphatic carbocycles. The lowest BCUT2D eigenvalue weighted by molar-refractivity contribution is 0.405. The van der Waals surface area contributed by atoms with E-state index in [1.54, 1.807) is 54.6 Å². The van der Waals surface area contributed by atoms with Gasteiger partial charge in [-0.2, -0.15) is 4.31 Å². The smallest absolute Gasteiger partial charge is 0.236 e. The van der Waals surface area contributed by atoms with Gasteiger partial charge in [0, 0.05) is 11.9 Å². The van der Waals surface area contributed by atoms with Crippen LogP contribution in [0.4, 0.5) is 0 Å². The molecule has 34 heavy (non-hydrogen) atoms. The molecule has 8 heteroatoms. The number of hydrogen-bond acceptors (Lipinski definition) is 4. The zero-order valence-electron chi connectivity index (χ0n) is 19.1. The van der Waals surface area contributed by atoms with Gasteiger partial charge in [-0.15, -0.1) is 0 Å². The Morgan fingerprint density at radius 3 is 1.88 bits per heavy atom. The Kier molecular flexibility index (Phi) is 5.62. The molecule has 4 aromatic rings. The van der Waals surface area contributed by atoms with Gasteiger partial charge in [0.05, 0.1) is 27.5 Å². The quantitative estimate of drug-likeness (QED) is 0.414. The fourth-order valence-electron chi connectivity index (χ4n) is 4.60. The Morgan fingerprint density at radius 1 is 0.706 bits per heavy atom. The molecule has 0 unspecified atom stereocenters. The highest BCUT2D eigenvalue weighted by atomic mass is 32.2. The number of aromatic nitrogens is 1. The molecule has 0 atom stereocenters. The van der Waals surface area contributed by atoms with E-state index in [1.165, 1.54) is 8.28 Å². The highest BCUT2D eigenvalue weighted by Gasteiger charge is 2.33. The molecule has 0 saturated heterocycles. The van der Waals surface area contributed by atoms with Crippen LogP contribution in [-0.4, -0.2) is 31.7 Å². The number of rotatable bonds is 4. The van der Waals surface area contributed by atoms with E-state index in [-0.39, 0.29) is 16.3 Å². The molecular weight excluding hydrogens is 468 g/mol. The number of nitrogens with zero attached hydrogens (tertiary/aromatic N) is 2. The molecule has 0 spiro atoms. The summed E-state index contributed by atoms with van der Waals surface area (Å²) < 4.78 is 57.5. The Morgan fingerprint density at radius 2 is 1.26 bits per heavy atom. The molecule has 1 aromatic heterocycles. The van der Waals surface area contributed by atoms with E-state index in [1.807, 2.05) is 32.0 Å². The van der Waals surface area contributed by atoms with Crippen LogP contribution in [0.2, 0.25) is 0 Å². The first-order valence-electron chi connectivity index (χ1n) is 11.2. The van der Waals surface area contributed by atoms with Crippen LogP contribution >= 0.6 is 0 Å². The summed E-state index contributed by atoms with van der Waals surface area (Å²) in [6.07, 6.45) is 1.21. The summed E-state index contributed by atoms with van der Waals surface area (Å²) in [5.74, 6) is 0. The van der Waals surface area contributed by atoms with Gasteiger partial charge in [0.15, 0.2) is 0 Å². The summed E-state index contributed by atoms with van der Waals surface area (Å²) in [6.45, 7) is 4.12. The number of benzene rings is 3. The molecule has 0 N–H and O–H groups in total. The lowest BCUT2D eigenvalue weighted by Crippen LogP contribution is -2.32.